The lowest BCUT2D eigenvalue weighted by Crippen LogP contribution is -2.33. The van der Waals surface area contributed by atoms with Crippen LogP contribution in [0.4, 0.5) is 4.39 Å². The van der Waals surface area contributed by atoms with Crippen molar-refractivity contribution in [1.82, 2.24) is 14.5 Å². The average Bonchev–Trinajstić information content (AvgIpc) is 2.67. The molecule has 2 heterocycles. The van der Waals surface area contributed by atoms with Crippen molar-refractivity contribution in [2.45, 2.75) is 25.3 Å². The minimum absolute atomic E-state index is 0.126. The molecule has 0 radical (unpaired) electrons. The second kappa shape index (κ2) is 7.12. The maximum Gasteiger partial charge on any atom is 0.330 e. The van der Waals surface area contributed by atoms with Crippen molar-refractivity contribution in [3.63, 3.8) is 0 Å². The summed E-state index contributed by atoms with van der Waals surface area (Å²) in [6.45, 7) is 0.501. The van der Waals surface area contributed by atoms with Crippen LogP contribution >= 0.6 is 0 Å². The van der Waals surface area contributed by atoms with Crippen molar-refractivity contribution >= 4 is 16.8 Å². The fourth-order valence-electron chi connectivity index (χ4n) is 3.77. The molecule has 0 bridgehead atoms. The van der Waals surface area contributed by atoms with E-state index in [-0.39, 0.29) is 48.1 Å². The number of carbonyl (C=O) groups excluding carboxylic acids is 1. The number of methoxy groups -OCH3 is 1. The molecule has 1 aromatic carbocycles. The number of hydrogen-bond donors (Lipinski definition) is 1. The normalized spacial score (nSPS) is 16.4. The Kier molecular flexibility index (Phi) is 4.64. The molecule has 1 atom stereocenters. The van der Waals surface area contributed by atoms with Gasteiger partial charge in [0, 0.05) is 25.3 Å². The van der Waals surface area contributed by atoms with Gasteiger partial charge in [-0.3, -0.25) is 19.1 Å². The highest BCUT2D eigenvalue weighted by atomic mass is 19.1. The number of aromatic nitrogens is 3. The van der Waals surface area contributed by atoms with E-state index in [9.17, 15) is 18.8 Å². The molecule has 0 unspecified atom stereocenters. The van der Waals surface area contributed by atoms with Crippen molar-refractivity contribution in [3.8, 4) is 0 Å². The molecule has 4 rings (SSSR count). The Morgan fingerprint density at radius 1 is 1.21 bits per heavy atom. The first kappa shape index (κ1) is 18.2. The third-order valence-electron chi connectivity index (χ3n) is 5.16. The van der Waals surface area contributed by atoms with Crippen molar-refractivity contribution in [3.05, 3.63) is 73.8 Å². The summed E-state index contributed by atoms with van der Waals surface area (Å²) in [5.74, 6) is -0.650. The lowest BCUT2D eigenvalue weighted by Gasteiger charge is -2.25. The first-order chi connectivity index (χ1) is 13.5. The predicted octanol–water partition coefficient (Wildman–Crippen LogP) is 1.78. The number of hydrogen-bond acceptors (Lipinski definition) is 5. The largest absolute Gasteiger partial charge is 0.383 e. The van der Waals surface area contributed by atoms with Crippen molar-refractivity contribution in [2.24, 2.45) is 0 Å². The van der Waals surface area contributed by atoms with Crippen LogP contribution in [-0.2, 0) is 17.7 Å². The summed E-state index contributed by atoms with van der Waals surface area (Å²) in [5.41, 5.74) is 0.896. The molecule has 0 saturated heterocycles. The molecule has 28 heavy (non-hydrogen) atoms. The maximum absolute atomic E-state index is 13.3. The monoisotopic (exact) mass is 383 g/mol. The van der Waals surface area contributed by atoms with Crippen LogP contribution in [0.3, 0.4) is 0 Å². The third kappa shape index (κ3) is 3.05. The second-order valence-electron chi connectivity index (χ2n) is 6.83. The fourth-order valence-corrected chi connectivity index (χ4v) is 3.77. The van der Waals surface area contributed by atoms with E-state index in [4.69, 9.17) is 4.74 Å². The van der Waals surface area contributed by atoms with Crippen LogP contribution in [0.1, 0.15) is 33.8 Å². The van der Waals surface area contributed by atoms with Crippen LogP contribution in [0.2, 0.25) is 0 Å². The first-order valence-corrected chi connectivity index (χ1v) is 8.92. The number of halogens is 1. The smallest absolute Gasteiger partial charge is 0.330 e. The zero-order valence-corrected chi connectivity index (χ0v) is 15.2. The van der Waals surface area contributed by atoms with E-state index in [1.807, 2.05) is 0 Å². The lowest BCUT2D eigenvalue weighted by molar-refractivity contribution is 0.0964. The first-order valence-electron chi connectivity index (χ1n) is 8.92. The Bertz CT molecular complexity index is 1180. The van der Waals surface area contributed by atoms with Gasteiger partial charge in [-0.2, -0.15) is 0 Å². The molecule has 0 saturated carbocycles. The van der Waals surface area contributed by atoms with Crippen LogP contribution in [0, 0.1) is 5.82 Å². The van der Waals surface area contributed by atoms with E-state index in [0.717, 1.165) is 5.56 Å². The number of pyridine rings is 1. The molecule has 8 heteroatoms. The Morgan fingerprint density at radius 3 is 2.68 bits per heavy atom. The van der Waals surface area contributed by atoms with Crippen LogP contribution in [0.25, 0.3) is 11.0 Å². The number of rotatable bonds is 4. The molecule has 1 aliphatic carbocycles. The number of ketones is 1. The van der Waals surface area contributed by atoms with Crippen molar-refractivity contribution in [2.75, 3.05) is 13.7 Å². The Morgan fingerprint density at radius 2 is 1.96 bits per heavy atom. The second-order valence-corrected chi connectivity index (χ2v) is 6.83. The van der Waals surface area contributed by atoms with Gasteiger partial charge in [-0.05, 0) is 35.6 Å². The van der Waals surface area contributed by atoms with Gasteiger partial charge in [-0.25, -0.2) is 14.2 Å². The van der Waals surface area contributed by atoms with Gasteiger partial charge in [0.25, 0.3) is 5.56 Å². The van der Waals surface area contributed by atoms with Crippen LogP contribution in [0.5, 0.6) is 0 Å². The minimum atomic E-state index is -0.570. The fraction of sp³-hybridized carbons (Fsp3) is 0.300. The highest BCUT2D eigenvalue weighted by molar-refractivity contribution is 6.02. The molecule has 7 nitrogen and oxygen atoms in total. The number of carbonyl (C=O) groups is 1. The Labute approximate surface area is 158 Å². The van der Waals surface area contributed by atoms with Gasteiger partial charge >= 0.3 is 5.69 Å². The molecule has 0 spiro atoms. The third-order valence-corrected chi connectivity index (χ3v) is 5.16. The molecule has 2 aromatic heterocycles. The SMILES string of the molecule is COCCn1c(=O)[nH]c(=O)c2c3c(cnc21)C(=O)C[C@@H](c1ccc(F)cc1)C3. The number of nitrogens with one attached hydrogen (secondary N) is 1. The number of benzene rings is 1. The Balaban J connectivity index is 1.89. The summed E-state index contributed by atoms with van der Waals surface area (Å²) in [6, 6.07) is 6.02. The molecule has 3 aromatic rings. The molecule has 1 aliphatic rings. The topological polar surface area (TPSA) is 94.1 Å². The molecular formula is C20H18FN3O4. The van der Waals surface area contributed by atoms with Gasteiger partial charge < -0.3 is 4.74 Å². The highest BCUT2D eigenvalue weighted by Gasteiger charge is 2.30. The number of Topliss-reactive ketones (excluding diaryl/α,β-unsaturated/α-hetero) is 1. The molecule has 0 amide bonds. The highest BCUT2D eigenvalue weighted by Crippen LogP contribution is 2.34. The summed E-state index contributed by atoms with van der Waals surface area (Å²) in [6.07, 6.45) is 2.12. The summed E-state index contributed by atoms with van der Waals surface area (Å²) in [4.78, 5) is 44.1. The van der Waals surface area contributed by atoms with Gasteiger partial charge in [0.1, 0.15) is 11.5 Å². The van der Waals surface area contributed by atoms with E-state index in [1.165, 1.54) is 30.0 Å². The zero-order chi connectivity index (χ0) is 19.8. The lowest BCUT2D eigenvalue weighted by atomic mass is 9.79. The minimum Gasteiger partial charge on any atom is -0.383 e. The van der Waals surface area contributed by atoms with E-state index in [1.54, 1.807) is 12.1 Å². The maximum atomic E-state index is 13.3. The van der Waals surface area contributed by atoms with Crippen LogP contribution in [-0.4, -0.2) is 34.0 Å². The predicted molar refractivity (Wildman–Crippen MR) is 100 cm³/mol. The molecule has 1 N–H and O–H groups in total. The number of nitrogens with zero attached hydrogens (tertiary/aromatic N) is 2. The van der Waals surface area contributed by atoms with Gasteiger partial charge in [0.05, 0.1) is 18.5 Å². The molecular weight excluding hydrogens is 365 g/mol. The number of aromatic amines is 1. The van der Waals surface area contributed by atoms with E-state index in [0.29, 0.717) is 17.5 Å². The van der Waals surface area contributed by atoms with Crippen LogP contribution < -0.4 is 11.2 Å². The standard InChI is InChI=1S/C20H18FN3O4/c1-28-7-6-24-18-17(19(26)23-20(24)27)14-8-12(9-16(25)15(14)10-22-18)11-2-4-13(21)5-3-11/h2-5,10,12H,6-9H2,1H3,(H,23,26,27)/t12-/m0/s1. The number of H-pyrrole nitrogens is 1. The van der Waals surface area contributed by atoms with E-state index >= 15 is 0 Å². The van der Waals surface area contributed by atoms with Crippen molar-refractivity contribution in [1.29, 1.82) is 0 Å². The molecule has 0 aliphatic heterocycles. The summed E-state index contributed by atoms with van der Waals surface area (Å²) in [7, 11) is 1.51. The summed E-state index contributed by atoms with van der Waals surface area (Å²) < 4.78 is 19.6. The van der Waals surface area contributed by atoms with Crippen molar-refractivity contribution < 1.29 is 13.9 Å². The number of fused-ring (bicyclic) bond motifs is 3. The summed E-state index contributed by atoms with van der Waals surface area (Å²) >= 11 is 0. The quantitative estimate of drug-likeness (QED) is 0.741. The Hall–Kier alpha value is -3.13. The van der Waals surface area contributed by atoms with E-state index in [2.05, 4.69) is 9.97 Å². The van der Waals surface area contributed by atoms with Crippen LogP contribution in [0.15, 0.2) is 40.1 Å². The molecule has 144 valence electrons. The van der Waals surface area contributed by atoms with Gasteiger partial charge in [-0.1, -0.05) is 12.1 Å². The van der Waals surface area contributed by atoms with Gasteiger partial charge in [0.15, 0.2) is 5.78 Å². The van der Waals surface area contributed by atoms with Gasteiger partial charge in [-0.15, -0.1) is 0 Å². The summed E-state index contributed by atoms with van der Waals surface area (Å²) in [5, 5.41) is 0.244. The molecule has 0 fully saturated rings. The number of ether oxygens (including phenoxy) is 1. The van der Waals surface area contributed by atoms with Gasteiger partial charge in [0.2, 0.25) is 0 Å². The zero-order valence-electron chi connectivity index (χ0n) is 15.2. The average molecular weight is 383 g/mol. The van der Waals surface area contributed by atoms with E-state index < -0.39 is 11.2 Å².